The average molecular weight is 257 g/mol. The van der Waals surface area contributed by atoms with Gasteiger partial charge in [0.05, 0.1) is 12.6 Å². The van der Waals surface area contributed by atoms with Gasteiger partial charge in [-0.3, -0.25) is 14.5 Å². The second kappa shape index (κ2) is 8.91. The molecule has 0 saturated heterocycles. The zero-order valence-electron chi connectivity index (χ0n) is 12.3. The number of amides is 2. The fraction of sp³-hybridized carbons (Fsp3) is 0.846. The van der Waals surface area contributed by atoms with E-state index in [-0.39, 0.29) is 24.4 Å². The molecule has 0 aliphatic rings. The number of carbonyl (C=O) groups is 2. The predicted octanol–water partition coefficient (Wildman–Crippen LogP) is 0.701. The summed E-state index contributed by atoms with van der Waals surface area (Å²) in [7, 11) is 1.80. The van der Waals surface area contributed by atoms with Gasteiger partial charge in [0.15, 0.2) is 0 Å². The Kier molecular flexibility index (Phi) is 8.37. The van der Waals surface area contributed by atoms with Crippen molar-refractivity contribution < 1.29 is 9.59 Å². The summed E-state index contributed by atoms with van der Waals surface area (Å²) in [4.78, 5) is 27.2. The van der Waals surface area contributed by atoms with E-state index in [1.165, 1.54) is 0 Å². The van der Waals surface area contributed by atoms with Crippen molar-refractivity contribution in [3.63, 3.8) is 0 Å². The highest BCUT2D eigenvalue weighted by atomic mass is 16.2. The van der Waals surface area contributed by atoms with E-state index in [1.807, 2.05) is 27.7 Å². The van der Waals surface area contributed by atoms with Crippen molar-refractivity contribution in [1.29, 1.82) is 0 Å². The molecule has 0 bridgehead atoms. The van der Waals surface area contributed by atoms with Crippen LogP contribution >= 0.6 is 0 Å². The first-order valence-electron chi connectivity index (χ1n) is 6.73. The Bertz CT molecular complexity index is 265. The molecule has 1 N–H and O–H groups in total. The van der Waals surface area contributed by atoms with E-state index in [2.05, 4.69) is 5.32 Å². The lowest BCUT2D eigenvalue weighted by Gasteiger charge is -2.26. The minimum absolute atomic E-state index is 0.0216. The summed E-state index contributed by atoms with van der Waals surface area (Å²) in [5.41, 5.74) is 0. The lowest BCUT2D eigenvalue weighted by molar-refractivity contribution is -0.133. The van der Waals surface area contributed by atoms with Crippen molar-refractivity contribution in [3.05, 3.63) is 0 Å². The lowest BCUT2D eigenvalue weighted by atomic mass is 10.2. The van der Waals surface area contributed by atoms with Crippen LogP contribution in [0.4, 0.5) is 0 Å². The average Bonchev–Trinajstić information content (AvgIpc) is 2.36. The van der Waals surface area contributed by atoms with Crippen LogP contribution in [0.1, 0.15) is 34.1 Å². The zero-order chi connectivity index (χ0) is 14.1. The molecule has 1 atom stereocenters. The number of nitrogens with one attached hydrogen (secondary N) is 1. The number of hydrogen-bond acceptors (Lipinski definition) is 3. The highest BCUT2D eigenvalue weighted by Gasteiger charge is 2.21. The molecule has 0 fully saturated rings. The topological polar surface area (TPSA) is 52.7 Å². The molecule has 0 spiro atoms. The quantitative estimate of drug-likeness (QED) is 0.696. The molecule has 0 aromatic carbocycles. The van der Waals surface area contributed by atoms with Crippen molar-refractivity contribution >= 4 is 11.8 Å². The van der Waals surface area contributed by atoms with Crippen LogP contribution in [0.3, 0.4) is 0 Å². The van der Waals surface area contributed by atoms with Crippen molar-refractivity contribution in [3.8, 4) is 0 Å². The van der Waals surface area contributed by atoms with E-state index < -0.39 is 0 Å². The van der Waals surface area contributed by atoms with Gasteiger partial charge in [0.2, 0.25) is 11.8 Å². The maximum atomic E-state index is 11.9. The first-order valence-corrected chi connectivity index (χ1v) is 6.73. The Hall–Kier alpha value is -1.10. The van der Waals surface area contributed by atoms with Crippen LogP contribution < -0.4 is 5.32 Å². The van der Waals surface area contributed by atoms with Gasteiger partial charge >= 0.3 is 0 Å². The van der Waals surface area contributed by atoms with Crippen molar-refractivity contribution in [2.45, 2.75) is 40.2 Å². The molecule has 0 heterocycles. The second-order valence-electron chi connectivity index (χ2n) is 4.45. The predicted molar refractivity (Wildman–Crippen MR) is 73.3 cm³/mol. The molecule has 0 aliphatic heterocycles. The largest absolute Gasteiger partial charge is 0.355 e. The lowest BCUT2D eigenvalue weighted by Crippen LogP contribution is -2.47. The molecule has 18 heavy (non-hydrogen) atoms. The maximum Gasteiger partial charge on any atom is 0.237 e. The van der Waals surface area contributed by atoms with Crippen LogP contribution in [0, 0.1) is 0 Å². The highest BCUT2D eigenvalue weighted by molar-refractivity contribution is 5.83. The summed E-state index contributed by atoms with van der Waals surface area (Å²) in [6.07, 6.45) is 0.917. The molecule has 0 rings (SSSR count). The Morgan fingerprint density at radius 2 is 1.72 bits per heavy atom. The van der Waals surface area contributed by atoms with Gasteiger partial charge in [0.1, 0.15) is 0 Å². The smallest absolute Gasteiger partial charge is 0.237 e. The number of carbonyl (C=O) groups excluding carboxylic acids is 2. The van der Waals surface area contributed by atoms with Gasteiger partial charge in [0, 0.05) is 19.6 Å². The minimum Gasteiger partial charge on any atom is -0.355 e. The van der Waals surface area contributed by atoms with Gasteiger partial charge in [-0.05, 0) is 34.2 Å². The van der Waals surface area contributed by atoms with Crippen molar-refractivity contribution in [2.24, 2.45) is 0 Å². The molecule has 0 aromatic heterocycles. The SMILES string of the molecule is CCCNC(=O)C(C)N(C)CC(=O)N(CC)CC. The number of hydrogen-bond donors (Lipinski definition) is 1. The fourth-order valence-electron chi connectivity index (χ4n) is 1.62. The van der Waals surface area contributed by atoms with Gasteiger partial charge in [-0.2, -0.15) is 0 Å². The Morgan fingerprint density at radius 1 is 1.17 bits per heavy atom. The van der Waals surface area contributed by atoms with Gasteiger partial charge in [-0.1, -0.05) is 6.92 Å². The van der Waals surface area contributed by atoms with Crippen LogP contribution in [0.15, 0.2) is 0 Å². The monoisotopic (exact) mass is 257 g/mol. The van der Waals surface area contributed by atoms with Crippen LogP contribution in [0.25, 0.3) is 0 Å². The number of rotatable bonds is 8. The van der Waals surface area contributed by atoms with Gasteiger partial charge < -0.3 is 10.2 Å². The van der Waals surface area contributed by atoms with Crippen molar-refractivity contribution in [1.82, 2.24) is 15.1 Å². The van der Waals surface area contributed by atoms with E-state index in [0.717, 1.165) is 6.42 Å². The molecule has 0 radical (unpaired) electrons. The standard InChI is InChI=1S/C13H27N3O2/c1-6-9-14-13(18)11(4)15(5)10-12(17)16(7-2)8-3/h11H,6-10H2,1-5H3,(H,14,18). The summed E-state index contributed by atoms with van der Waals surface area (Å²) < 4.78 is 0. The third-order valence-electron chi connectivity index (χ3n) is 3.09. The van der Waals surface area contributed by atoms with E-state index in [0.29, 0.717) is 19.6 Å². The molecule has 1 unspecified atom stereocenters. The summed E-state index contributed by atoms with van der Waals surface area (Å²) in [6.45, 7) is 10.1. The third-order valence-corrected chi connectivity index (χ3v) is 3.09. The molecule has 5 nitrogen and oxygen atoms in total. The van der Waals surface area contributed by atoms with Crippen LogP contribution in [0.2, 0.25) is 0 Å². The number of likely N-dealkylation sites (N-methyl/N-ethyl adjacent to an activating group) is 2. The maximum absolute atomic E-state index is 11.9. The molecule has 2 amide bonds. The van der Waals surface area contributed by atoms with Gasteiger partial charge in [-0.15, -0.1) is 0 Å². The normalized spacial score (nSPS) is 12.3. The van der Waals surface area contributed by atoms with E-state index >= 15 is 0 Å². The Morgan fingerprint density at radius 3 is 2.17 bits per heavy atom. The fourth-order valence-corrected chi connectivity index (χ4v) is 1.62. The summed E-state index contributed by atoms with van der Waals surface area (Å²) >= 11 is 0. The van der Waals surface area contributed by atoms with Crippen LogP contribution in [-0.4, -0.2) is 60.9 Å². The highest BCUT2D eigenvalue weighted by Crippen LogP contribution is 1.98. The summed E-state index contributed by atoms with van der Waals surface area (Å²) in [6, 6.07) is -0.281. The van der Waals surface area contributed by atoms with Crippen LogP contribution in [0.5, 0.6) is 0 Å². The first kappa shape index (κ1) is 16.9. The summed E-state index contributed by atoms with van der Waals surface area (Å²) in [5.74, 6) is 0.0457. The molecule has 106 valence electrons. The Labute approximate surface area is 111 Å². The van der Waals surface area contributed by atoms with Crippen LogP contribution in [-0.2, 0) is 9.59 Å². The number of nitrogens with zero attached hydrogens (tertiary/aromatic N) is 2. The van der Waals surface area contributed by atoms with E-state index in [9.17, 15) is 9.59 Å². The molecule has 0 aliphatic carbocycles. The van der Waals surface area contributed by atoms with E-state index in [4.69, 9.17) is 0 Å². The molecular formula is C13H27N3O2. The molecular weight excluding hydrogens is 230 g/mol. The first-order chi connectivity index (χ1) is 8.47. The van der Waals surface area contributed by atoms with Crippen molar-refractivity contribution in [2.75, 3.05) is 33.2 Å². The molecule has 5 heteroatoms. The Balaban J connectivity index is 4.25. The van der Waals surface area contributed by atoms with E-state index in [1.54, 1.807) is 16.8 Å². The third kappa shape index (κ3) is 5.49. The van der Waals surface area contributed by atoms with Gasteiger partial charge in [-0.25, -0.2) is 0 Å². The second-order valence-corrected chi connectivity index (χ2v) is 4.45. The summed E-state index contributed by atoms with van der Waals surface area (Å²) in [5, 5.41) is 2.84. The molecule has 0 aromatic rings. The molecule has 0 saturated carbocycles. The van der Waals surface area contributed by atoms with Gasteiger partial charge in [0.25, 0.3) is 0 Å². The minimum atomic E-state index is -0.281. The zero-order valence-corrected chi connectivity index (χ0v) is 12.3.